The summed E-state index contributed by atoms with van der Waals surface area (Å²) in [6.07, 6.45) is 3.56. The predicted octanol–water partition coefficient (Wildman–Crippen LogP) is 0.597. The van der Waals surface area contributed by atoms with Crippen LogP contribution in [0.3, 0.4) is 0 Å². The van der Waals surface area contributed by atoms with Crippen LogP contribution >= 0.6 is 0 Å². The van der Waals surface area contributed by atoms with Gasteiger partial charge in [-0.3, -0.25) is 4.79 Å². The molecular formula is C17H27N5O4. The third kappa shape index (κ3) is 4.72. The summed E-state index contributed by atoms with van der Waals surface area (Å²) in [6, 6.07) is -0.187. The average molecular weight is 365 g/mol. The number of carbonyl (C=O) groups is 2. The van der Waals surface area contributed by atoms with E-state index in [1.807, 2.05) is 11.8 Å². The number of hydrogen-bond acceptors (Lipinski definition) is 6. The summed E-state index contributed by atoms with van der Waals surface area (Å²) < 4.78 is 10.6. The molecule has 144 valence electrons. The molecular weight excluding hydrogens is 338 g/mol. The van der Waals surface area contributed by atoms with Gasteiger partial charge in [-0.2, -0.15) is 4.98 Å². The topological polar surface area (TPSA) is 101 Å². The molecule has 26 heavy (non-hydrogen) atoms. The van der Waals surface area contributed by atoms with Crippen LogP contribution in [-0.2, 0) is 22.4 Å². The fraction of sp³-hybridized carbons (Fsp3) is 0.765. The lowest BCUT2D eigenvalue weighted by Crippen LogP contribution is -2.54. The number of ether oxygens (including phenoxy) is 1. The van der Waals surface area contributed by atoms with Gasteiger partial charge in [-0.05, 0) is 12.8 Å². The van der Waals surface area contributed by atoms with E-state index in [1.54, 1.807) is 4.90 Å². The van der Waals surface area contributed by atoms with Crippen molar-refractivity contribution in [3.8, 4) is 0 Å². The summed E-state index contributed by atoms with van der Waals surface area (Å²) in [5, 5.41) is 6.69. The van der Waals surface area contributed by atoms with Gasteiger partial charge in [0.2, 0.25) is 11.8 Å². The Morgan fingerprint density at radius 3 is 2.81 bits per heavy atom. The van der Waals surface area contributed by atoms with Crippen molar-refractivity contribution in [3.63, 3.8) is 0 Å². The van der Waals surface area contributed by atoms with Gasteiger partial charge in [0.05, 0.1) is 19.3 Å². The van der Waals surface area contributed by atoms with Gasteiger partial charge in [0.15, 0.2) is 5.82 Å². The molecule has 0 spiro atoms. The van der Waals surface area contributed by atoms with E-state index >= 15 is 0 Å². The van der Waals surface area contributed by atoms with Crippen molar-refractivity contribution < 1.29 is 18.8 Å². The molecule has 1 aromatic rings. The van der Waals surface area contributed by atoms with E-state index in [9.17, 15) is 9.59 Å². The molecule has 3 amide bonds. The van der Waals surface area contributed by atoms with Gasteiger partial charge in [0.1, 0.15) is 0 Å². The summed E-state index contributed by atoms with van der Waals surface area (Å²) in [5.74, 6) is 1.09. The lowest BCUT2D eigenvalue weighted by atomic mass is 10.1. The monoisotopic (exact) mass is 365 g/mol. The number of morpholine rings is 1. The Balaban J connectivity index is 1.45. The lowest BCUT2D eigenvalue weighted by molar-refractivity contribution is -0.123. The van der Waals surface area contributed by atoms with Gasteiger partial charge >= 0.3 is 6.03 Å². The lowest BCUT2D eigenvalue weighted by Gasteiger charge is -2.37. The maximum Gasteiger partial charge on any atom is 0.320 e. The number of hydrogen-bond donors (Lipinski definition) is 1. The molecule has 3 heterocycles. The Hall–Kier alpha value is -2.16. The number of nitrogens with zero attached hydrogens (tertiary/aromatic N) is 4. The zero-order valence-corrected chi connectivity index (χ0v) is 15.3. The zero-order chi connectivity index (χ0) is 18.4. The molecule has 0 aromatic carbocycles. The molecule has 0 aliphatic carbocycles. The van der Waals surface area contributed by atoms with Crippen molar-refractivity contribution in [2.45, 2.75) is 45.1 Å². The number of aryl methyl sites for hydroxylation is 1. The van der Waals surface area contributed by atoms with Crippen LogP contribution in [0, 0.1) is 0 Å². The van der Waals surface area contributed by atoms with Crippen molar-refractivity contribution in [1.82, 2.24) is 25.3 Å². The molecule has 0 bridgehead atoms. The number of rotatable bonds is 6. The second-order valence-electron chi connectivity index (χ2n) is 6.66. The van der Waals surface area contributed by atoms with Gasteiger partial charge in [0.25, 0.3) is 0 Å². The molecule has 0 radical (unpaired) electrons. The number of amides is 3. The minimum absolute atomic E-state index is 0.0292. The Labute approximate surface area is 153 Å². The van der Waals surface area contributed by atoms with Gasteiger partial charge < -0.3 is 24.4 Å². The fourth-order valence-electron chi connectivity index (χ4n) is 3.30. The van der Waals surface area contributed by atoms with Crippen LogP contribution in [0.25, 0.3) is 0 Å². The SMILES string of the molecule is CCc1noc(CCNC(=O)C[C@@H]2COCCN2C(=O)N2CCCC2)n1. The summed E-state index contributed by atoms with van der Waals surface area (Å²) in [7, 11) is 0. The Kier molecular flexibility index (Phi) is 6.43. The van der Waals surface area contributed by atoms with Crippen LogP contribution in [0.15, 0.2) is 4.52 Å². The summed E-state index contributed by atoms with van der Waals surface area (Å²) in [5.41, 5.74) is 0. The molecule has 1 atom stereocenters. The fourth-order valence-corrected chi connectivity index (χ4v) is 3.30. The van der Waals surface area contributed by atoms with Crippen LogP contribution in [0.2, 0.25) is 0 Å². The Bertz CT molecular complexity index is 614. The van der Waals surface area contributed by atoms with E-state index in [0.29, 0.717) is 44.4 Å². The quantitative estimate of drug-likeness (QED) is 0.792. The highest BCUT2D eigenvalue weighted by Crippen LogP contribution is 2.17. The largest absolute Gasteiger partial charge is 0.377 e. The van der Waals surface area contributed by atoms with Crippen LogP contribution in [0.4, 0.5) is 4.79 Å². The first-order valence-electron chi connectivity index (χ1n) is 9.39. The van der Waals surface area contributed by atoms with Crippen LogP contribution in [0.5, 0.6) is 0 Å². The van der Waals surface area contributed by atoms with Crippen LogP contribution in [0.1, 0.15) is 37.9 Å². The zero-order valence-electron chi connectivity index (χ0n) is 15.3. The maximum atomic E-state index is 12.7. The van der Waals surface area contributed by atoms with Gasteiger partial charge in [-0.1, -0.05) is 12.1 Å². The first kappa shape index (κ1) is 18.6. The smallest absolute Gasteiger partial charge is 0.320 e. The normalized spacial score (nSPS) is 20.4. The molecule has 1 aromatic heterocycles. The third-order valence-electron chi connectivity index (χ3n) is 4.76. The van der Waals surface area contributed by atoms with E-state index in [0.717, 1.165) is 32.4 Å². The molecule has 3 rings (SSSR count). The highest BCUT2D eigenvalue weighted by molar-refractivity contribution is 5.79. The molecule has 9 heteroatoms. The van der Waals surface area contributed by atoms with E-state index < -0.39 is 0 Å². The van der Waals surface area contributed by atoms with Crippen molar-refractivity contribution >= 4 is 11.9 Å². The van der Waals surface area contributed by atoms with Crippen LogP contribution in [-0.4, -0.2) is 77.3 Å². The maximum absolute atomic E-state index is 12.7. The number of nitrogens with one attached hydrogen (secondary N) is 1. The van der Waals surface area contributed by atoms with Gasteiger partial charge in [0, 0.05) is 45.4 Å². The minimum atomic E-state index is -0.216. The van der Waals surface area contributed by atoms with Gasteiger partial charge in [-0.25, -0.2) is 4.79 Å². The molecule has 9 nitrogen and oxygen atoms in total. The van der Waals surface area contributed by atoms with Crippen molar-refractivity contribution in [2.24, 2.45) is 0 Å². The molecule has 1 N–H and O–H groups in total. The highest BCUT2D eigenvalue weighted by atomic mass is 16.5. The second kappa shape index (κ2) is 8.98. The number of urea groups is 1. The van der Waals surface area contributed by atoms with Crippen molar-refractivity contribution in [2.75, 3.05) is 39.4 Å². The van der Waals surface area contributed by atoms with Gasteiger partial charge in [-0.15, -0.1) is 0 Å². The molecule has 0 saturated carbocycles. The predicted molar refractivity (Wildman–Crippen MR) is 92.5 cm³/mol. The molecule has 2 fully saturated rings. The van der Waals surface area contributed by atoms with E-state index in [-0.39, 0.29) is 24.4 Å². The molecule has 2 saturated heterocycles. The summed E-state index contributed by atoms with van der Waals surface area (Å²) in [6.45, 7) is 5.45. The Morgan fingerprint density at radius 1 is 1.27 bits per heavy atom. The number of aromatic nitrogens is 2. The van der Waals surface area contributed by atoms with E-state index in [2.05, 4.69) is 15.5 Å². The first-order valence-corrected chi connectivity index (χ1v) is 9.39. The third-order valence-corrected chi connectivity index (χ3v) is 4.76. The van der Waals surface area contributed by atoms with Crippen molar-refractivity contribution in [1.29, 1.82) is 0 Å². The summed E-state index contributed by atoms with van der Waals surface area (Å²) in [4.78, 5) is 32.8. The van der Waals surface area contributed by atoms with E-state index in [1.165, 1.54) is 0 Å². The second-order valence-corrected chi connectivity index (χ2v) is 6.66. The molecule has 0 unspecified atom stereocenters. The first-order chi connectivity index (χ1) is 12.7. The van der Waals surface area contributed by atoms with Crippen LogP contribution < -0.4 is 5.32 Å². The van der Waals surface area contributed by atoms with Crippen molar-refractivity contribution in [3.05, 3.63) is 11.7 Å². The summed E-state index contributed by atoms with van der Waals surface area (Å²) >= 11 is 0. The highest BCUT2D eigenvalue weighted by Gasteiger charge is 2.32. The number of carbonyl (C=O) groups excluding carboxylic acids is 2. The number of likely N-dealkylation sites (tertiary alicyclic amines) is 1. The molecule has 2 aliphatic heterocycles. The average Bonchev–Trinajstić information content (AvgIpc) is 3.33. The molecule has 2 aliphatic rings. The Morgan fingerprint density at radius 2 is 2.08 bits per heavy atom. The standard InChI is InChI=1S/C17H27N5O4/c1-2-14-19-16(26-20-14)5-6-18-15(23)11-13-12-25-10-9-22(13)17(24)21-7-3-4-8-21/h13H,2-12H2,1H3,(H,18,23)/t13-/m1/s1. The minimum Gasteiger partial charge on any atom is -0.377 e. The van der Waals surface area contributed by atoms with E-state index in [4.69, 9.17) is 9.26 Å².